The molecule has 1 aromatic carbocycles. The molecule has 0 aromatic heterocycles. The monoisotopic (exact) mass is 227 g/mol. The van der Waals surface area contributed by atoms with E-state index in [9.17, 15) is 4.79 Å². The lowest BCUT2D eigenvalue weighted by atomic mass is 9.69. The number of hydrogen-bond acceptors (Lipinski definition) is 1. The zero-order valence-electron chi connectivity index (χ0n) is 10.2. The van der Waals surface area contributed by atoms with Gasteiger partial charge in [-0.3, -0.25) is 4.79 Å². The van der Waals surface area contributed by atoms with Crippen LogP contribution in [0.5, 0.6) is 0 Å². The molecule has 2 nitrogen and oxygen atoms in total. The number of carbonyl (C=O) groups is 1. The Morgan fingerprint density at radius 1 is 1.29 bits per heavy atom. The van der Waals surface area contributed by atoms with Crippen LogP contribution in [0.3, 0.4) is 0 Å². The molecular formula is C15H17NO. The Kier molecular flexibility index (Phi) is 2.88. The van der Waals surface area contributed by atoms with E-state index >= 15 is 0 Å². The van der Waals surface area contributed by atoms with Crippen molar-refractivity contribution in [2.75, 3.05) is 0 Å². The van der Waals surface area contributed by atoms with Gasteiger partial charge in [0.25, 0.3) is 0 Å². The lowest BCUT2D eigenvalue weighted by Gasteiger charge is -2.34. The van der Waals surface area contributed by atoms with E-state index in [2.05, 4.69) is 26.0 Å². The van der Waals surface area contributed by atoms with Crippen molar-refractivity contribution in [2.45, 2.75) is 19.3 Å². The van der Waals surface area contributed by atoms with Crippen LogP contribution in [-0.4, -0.2) is 5.91 Å². The topological polar surface area (TPSA) is 43.1 Å². The maximum absolute atomic E-state index is 11.5. The minimum Gasteiger partial charge on any atom is -0.366 e. The van der Waals surface area contributed by atoms with Gasteiger partial charge in [0, 0.05) is 11.0 Å². The molecule has 1 aliphatic carbocycles. The van der Waals surface area contributed by atoms with Crippen molar-refractivity contribution in [3.05, 3.63) is 59.7 Å². The first-order valence-corrected chi connectivity index (χ1v) is 5.81. The molecule has 2 heteroatoms. The summed E-state index contributed by atoms with van der Waals surface area (Å²) >= 11 is 0. The largest absolute Gasteiger partial charge is 0.366 e. The van der Waals surface area contributed by atoms with E-state index < -0.39 is 0 Å². The van der Waals surface area contributed by atoms with Crippen molar-refractivity contribution >= 4 is 5.91 Å². The summed E-state index contributed by atoms with van der Waals surface area (Å²) in [5.41, 5.74) is 6.89. The first-order chi connectivity index (χ1) is 8.05. The third kappa shape index (κ3) is 1.91. The van der Waals surface area contributed by atoms with Gasteiger partial charge in [-0.1, -0.05) is 56.4 Å². The maximum atomic E-state index is 11.5. The molecule has 0 radical (unpaired) electrons. The van der Waals surface area contributed by atoms with Crippen molar-refractivity contribution in [1.29, 1.82) is 0 Å². The van der Waals surface area contributed by atoms with Crippen LogP contribution >= 0.6 is 0 Å². The van der Waals surface area contributed by atoms with Gasteiger partial charge in [0.1, 0.15) is 0 Å². The average molecular weight is 227 g/mol. The molecule has 1 aromatic rings. The van der Waals surface area contributed by atoms with E-state index in [1.165, 1.54) is 0 Å². The summed E-state index contributed by atoms with van der Waals surface area (Å²) < 4.78 is 0. The van der Waals surface area contributed by atoms with E-state index in [1.54, 1.807) is 6.07 Å². The molecule has 88 valence electrons. The maximum Gasteiger partial charge on any atom is 0.249 e. The Morgan fingerprint density at radius 3 is 2.65 bits per heavy atom. The predicted octanol–water partition coefficient (Wildman–Crippen LogP) is 2.81. The number of carbonyl (C=O) groups excluding carboxylic acids is 1. The van der Waals surface area contributed by atoms with Crippen LogP contribution < -0.4 is 5.73 Å². The zero-order valence-corrected chi connectivity index (χ0v) is 10.2. The molecule has 2 N–H and O–H groups in total. The van der Waals surface area contributed by atoms with Crippen molar-refractivity contribution < 1.29 is 4.79 Å². The first-order valence-electron chi connectivity index (χ1n) is 5.81. The van der Waals surface area contributed by atoms with E-state index in [0.717, 1.165) is 5.56 Å². The van der Waals surface area contributed by atoms with Gasteiger partial charge in [-0.25, -0.2) is 0 Å². The number of amides is 1. The average Bonchev–Trinajstić information content (AvgIpc) is 2.33. The highest BCUT2D eigenvalue weighted by atomic mass is 16.1. The Labute approximate surface area is 102 Å². The third-order valence-electron chi connectivity index (χ3n) is 3.67. The molecule has 0 bridgehead atoms. The minimum atomic E-state index is -0.364. The second-order valence-corrected chi connectivity index (χ2v) is 4.73. The fraction of sp³-hybridized carbons (Fsp3) is 0.267. The fourth-order valence-electron chi connectivity index (χ4n) is 2.34. The van der Waals surface area contributed by atoms with Gasteiger partial charge in [-0.15, -0.1) is 0 Å². The summed E-state index contributed by atoms with van der Waals surface area (Å²) in [5, 5.41) is 0. The summed E-state index contributed by atoms with van der Waals surface area (Å²) in [6.07, 6.45) is 8.36. The van der Waals surface area contributed by atoms with Gasteiger partial charge < -0.3 is 5.73 Å². The van der Waals surface area contributed by atoms with Crippen LogP contribution in [0.25, 0.3) is 0 Å². The lowest BCUT2D eigenvalue weighted by Crippen LogP contribution is -2.31. The van der Waals surface area contributed by atoms with E-state index in [1.807, 2.05) is 30.4 Å². The van der Waals surface area contributed by atoms with Gasteiger partial charge in [-0.2, -0.15) is 0 Å². The molecule has 0 aliphatic heterocycles. The molecule has 0 spiro atoms. The minimum absolute atomic E-state index is 0.166. The first kappa shape index (κ1) is 11.6. The highest BCUT2D eigenvalue weighted by Gasteiger charge is 2.32. The van der Waals surface area contributed by atoms with Crippen molar-refractivity contribution in [3.63, 3.8) is 0 Å². The Balaban J connectivity index is 2.57. The summed E-state index contributed by atoms with van der Waals surface area (Å²) in [4.78, 5) is 11.5. The number of rotatable bonds is 2. The molecular weight excluding hydrogens is 210 g/mol. The molecule has 0 saturated carbocycles. The SMILES string of the molecule is CC1C=CC=CC1(C)c1ccccc1C(N)=O. The van der Waals surface area contributed by atoms with E-state index in [4.69, 9.17) is 5.73 Å². The van der Waals surface area contributed by atoms with Crippen LogP contribution in [-0.2, 0) is 5.41 Å². The lowest BCUT2D eigenvalue weighted by molar-refractivity contribution is 0.0998. The van der Waals surface area contributed by atoms with Gasteiger partial charge >= 0.3 is 0 Å². The van der Waals surface area contributed by atoms with Crippen LogP contribution in [0.15, 0.2) is 48.6 Å². The normalized spacial score (nSPS) is 27.1. The van der Waals surface area contributed by atoms with Crippen LogP contribution in [0.1, 0.15) is 29.8 Å². The molecule has 2 unspecified atom stereocenters. The van der Waals surface area contributed by atoms with Crippen molar-refractivity contribution in [2.24, 2.45) is 11.7 Å². The van der Waals surface area contributed by atoms with E-state index in [0.29, 0.717) is 11.5 Å². The molecule has 0 saturated heterocycles. The number of benzene rings is 1. The quantitative estimate of drug-likeness (QED) is 0.829. The number of primary amides is 1. The molecule has 2 atom stereocenters. The molecule has 17 heavy (non-hydrogen) atoms. The van der Waals surface area contributed by atoms with Crippen LogP contribution in [0.2, 0.25) is 0 Å². The standard InChI is InChI=1S/C15H17NO/c1-11-7-5-6-10-15(11,2)13-9-4-3-8-12(13)14(16)17/h3-11H,1-2H3,(H2,16,17). The Hall–Kier alpha value is -1.83. The third-order valence-corrected chi connectivity index (χ3v) is 3.67. The zero-order chi connectivity index (χ0) is 12.5. The summed E-state index contributed by atoms with van der Waals surface area (Å²) in [5.74, 6) is -0.0232. The molecule has 1 amide bonds. The smallest absolute Gasteiger partial charge is 0.249 e. The summed E-state index contributed by atoms with van der Waals surface area (Å²) in [7, 11) is 0. The molecule has 0 heterocycles. The Morgan fingerprint density at radius 2 is 2.00 bits per heavy atom. The predicted molar refractivity (Wildman–Crippen MR) is 69.8 cm³/mol. The highest BCUT2D eigenvalue weighted by molar-refractivity contribution is 5.94. The molecule has 1 aliphatic rings. The van der Waals surface area contributed by atoms with Gasteiger partial charge in [0.05, 0.1) is 0 Å². The van der Waals surface area contributed by atoms with Gasteiger partial charge in [0.2, 0.25) is 5.91 Å². The Bertz CT molecular complexity index is 501. The summed E-state index contributed by atoms with van der Waals surface area (Å²) in [6.45, 7) is 4.29. The van der Waals surface area contributed by atoms with Crippen molar-refractivity contribution in [1.82, 2.24) is 0 Å². The number of allylic oxidation sites excluding steroid dienone is 4. The number of nitrogens with two attached hydrogens (primary N) is 1. The second-order valence-electron chi connectivity index (χ2n) is 4.73. The summed E-state index contributed by atoms with van der Waals surface area (Å²) in [6, 6.07) is 7.58. The molecule has 2 rings (SSSR count). The van der Waals surface area contributed by atoms with Gasteiger partial charge in [0.15, 0.2) is 0 Å². The van der Waals surface area contributed by atoms with E-state index in [-0.39, 0.29) is 11.3 Å². The van der Waals surface area contributed by atoms with Crippen LogP contribution in [0.4, 0.5) is 0 Å². The molecule has 0 fully saturated rings. The fourth-order valence-corrected chi connectivity index (χ4v) is 2.34. The van der Waals surface area contributed by atoms with Gasteiger partial charge in [-0.05, 0) is 17.5 Å². The number of hydrogen-bond donors (Lipinski definition) is 1. The second kappa shape index (κ2) is 4.21. The van der Waals surface area contributed by atoms with Crippen molar-refractivity contribution in [3.8, 4) is 0 Å². The van der Waals surface area contributed by atoms with Crippen LogP contribution in [0, 0.1) is 5.92 Å². The highest BCUT2D eigenvalue weighted by Crippen LogP contribution is 2.38.